The number of hydrogen-bond donors (Lipinski definition) is 1. The molecule has 0 aliphatic rings. The van der Waals surface area contributed by atoms with E-state index in [1.165, 1.54) is 0 Å². The van der Waals surface area contributed by atoms with Crippen LogP contribution in [0.15, 0.2) is 0 Å². The highest BCUT2D eigenvalue weighted by Crippen LogP contribution is 2.03. The number of rotatable bonds is 5. The molecule has 0 saturated heterocycles. The lowest BCUT2D eigenvalue weighted by Crippen LogP contribution is -2.45. The Labute approximate surface area is 79.5 Å². The predicted molar refractivity (Wildman–Crippen MR) is 50.4 cm³/mol. The molecule has 0 aromatic carbocycles. The first-order valence-electron chi connectivity index (χ1n) is 4.51. The lowest BCUT2D eigenvalue weighted by atomic mass is 10.2. The van der Waals surface area contributed by atoms with Crippen molar-refractivity contribution in [3.63, 3.8) is 0 Å². The second-order valence-electron chi connectivity index (χ2n) is 3.32. The summed E-state index contributed by atoms with van der Waals surface area (Å²) in [5, 5.41) is 9.31. The van der Waals surface area contributed by atoms with Crippen molar-refractivity contribution < 1.29 is 14.6 Å². The van der Waals surface area contributed by atoms with Gasteiger partial charge in [-0.25, -0.2) is 0 Å². The molecule has 0 aromatic rings. The summed E-state index contributed by atoms with van der Waals surface area (Å²) in [5.41, 5.74) is 0. The van der Waals surface area contributed by atoms with Gasteiger partial charge in [0, 0.05) is 0 Å². The Morgan fingerprint density at radius 3 is 2.38 bits per heavy atom. The average Bonchev–Trinajstić information content (AvgIpc) is 1.99. The second-order valence-corrected chi connectivity index (χ2v) is 3.32. The Balaban J connectivity index is 4.13. The Morgan fingerprint density at radius 2 is 2.08 bits per heavy atom. The molecule has 0 heterocycles. The number of aliphatic hydroxyl groups excluding tert-OH is 1. The largest absolute Gasteiger partial charge is 0.464 e. The first kappa shape index (κ1) is 12.4. The molecule has 4 nitrogen and oxygen atoms in total. The number of carbonyl (C=O) groups is 1. The summed E-state index contributed by atoms with van der Waals surface area (Å²) in [4.78, 5) is 13.0. The summed E-state index contributed by atoms with van der Waals surface area (Å²) < 4.78 is 4.94. The zero-order chi connectivity index (χ0) is 10.4. The third-order valence-corrected chi connectivity index (χ3v) is 1.70. The lowest BCUT2D eigenvalue weighted by Gasteiger charge is -2.24. The van der Waals surface area contributed by atoms with Gasteiger partial charge in [-0.05, 0) is 27.4 Å². The molecule has 0 fully saturated rings. The molecule has 2 atom stereocenters. The number of nitrogens with zero attached hydrogens (tertiary/aromatic N) is 1. The third-order valence-electron chi connectivity index (χ3n) is 1.70. The highest BCUT2D eigenvalue weighted by Gasteiger charge is 2.26. The van der Waals surface area contributed by atoms with E-state index in [-0.39, 0.29) is 5.97 Å². The van der Waals surface area contributed by atoms with Crippen molar-refractivity contribution in [1.29, 1.82) is 0 Å². The van der Waals surface area contributed by atoms with Crippen LogP contribution in [0.1, 0.15) is 20.3 Å². The fourth-order valence-electron chi connectivity index (χ4n) is 1.13. The number of esters is 1. The van der Waals surface area contributed by atoms with Crippen LogP contribution in [0.2, 0.25) is 0 Å². The molecule has 0 aromatic heterocycles. The fraction of sp³-hybridized carbons (Fsp3) is 0.889. The molecule has 0 rings (SSSR count). The summed E-state index contributed by atoms with van der Waals surface area (Å²) in [6, 6.07) is -0.563. The first-order chi connectivity index (χ1) is 6.00. The van der Waals surface area contributed by atoms with E-state index in [1.807, 2.05) is 6.92 Å². The van der Waals surface area contributed by atoms with Crippen molar-refractivity contribution in [3.8, 4) is 0 Å². The molecule has 13 heavy (non-hydrogen) atoms. The molecule has 0 radical (unpaired) electrons. The normalized spacial score (nSPS) is 15.5. The van der Waals surface area contributed by atoms with E-state index in [9.17, 15) is 9.90 Å². The van der Waals surface area contributed by atoms with Crippen molar-refractivity contribution in [2.75, 3.05) is 20.7 Å². The van der Waals surface area contributed by atoms with Crippen LogP contribution in [-0.4, -0.2) is 48.8 Å². The summed E-state index contributed by atoms with van der Waals surface area (Å²) in [5.74, 6) is -0.359. The lowest BCUT2D eigenvalue weighted by molar-refractivity contribution is -0.152. The van der Waals surface area contributed by atoms with Gasteiger partial charge in [0.1, 0.15) is 6.04 Å². The number of aliphatic hydroxyl groups is 1. The number of carbonyl (C=O) groups excluding carboxylic acids is 1. The standard InChI is InChI=1S/C9H19NO3/c1-5-6-13-9(12)8(7(2)11)10(3)4/h7-8,11H,5-6H2,1-4H3. The van der Waals surface area contributed by atoms with E-state index >= 15 is 0 Å². The molecule has 78 valence electrons. The van der Waals surface area contributed by atoms with E-state index in [0.717, 1.165) is 6.42 Å². The number of ether oxygens (including phenoxy) is 1. The Bertz CT molecular complexity index is 149. The van der Waals surface area contributed by atoms with Crippen molar-refractivity contribution in [3.05, 3.63) is 0 Å². The first-order valence-corrected chi connectivity index (χ1v) is 4.51. The predicted octanol–water partition coefficient (Wildman–Crippen LogP) is 0.251. The van der Waals surface area contributed by atoms with Crippen molar-refractivity contribution in [2.45, 2.75) is 32.4 Å². The minimum Gasteiger partial charge on any atom is -0.464 e. The zero-order valence-electron chi connectivity index (χ0n) is 8.78. The molecule has 4 heteroatoms. The highest BCUT2D eigenvalue weighted by molar-refractivity contribution is 5.76. The van der Waals surface area contributed by atoms with Crippen LogP contribution >= 0.6 is 0 Å². The summed E-state index contributed by atoms with van der Waals surface area (Å²) in [7, 11) is 3.48. The van der Waals surface area contributed by atoms with E-state index < -0.39 is 12.1 Å². The van der Waals surface area contributed by atoms with E-state index in [4.69, 9.17) is 4.74 Å². The molecule has 0 spiro atoms. The van der Waals surface area contributed by atoms with Crippen LogP contribution in [-0.2, 0) is 9.53 Å². The SMILES string of the molecule is CCCOC(=O)C(C(C)O)N(C)C. The topological polar surface area (TPSA) is 49.8 Å². The van der Waals surface area contributed by atoms with Crippen molar-refractivity contribution in [2.24, 2.45) is 0 Å². The molecule has 2 unspecified atom stereocenters. The quantitative estimate of drug-likeness (QED) is 0.630. The van der Waals surface area contributed by atoms with Crippen LogP contribution in [0.3, 0.4) is 0 Å². The van der Waals surface area contributed by atoms with Gasteiger partial charge < -0.3 is 9.84 Å². The summed E-state index contributed by atoms with van der Waals surface area (Å²) in [6.45, 7) is 3.92. The fourth-order valence-corrected chi connectivity index (χ4v) is 1.13. The van der Waals surface area contributed by atoms with Crippen LogP contribution in [0, 0.1) is 0 Å². The highest BCUT2D eigenvalue weighted by atomic mass is 16.5. The van der Waals surface area contributed by atoms with Gasteiger partial charge in [0.05, 0.1) is 12.7 Å². The van der Waals surface area contributed by atoms with Crippen molar-refractivity contribution >= 4 is 5.97 Å². The van der Waals surface area contributed by atoms with E-state index in [0.29, 0.717) is 6.61 Å². The van der Waals surface area contributed by atoms with Gasteiger partial charge in [0.2, 0.25) is 0 Å². The van der Waals surface area contributed by atoms with Gasteiger partial charge >= 0.3 is 5.97 Å². The molecular weight excluding hydrogens is 170 g/mol. The second kappa shape index (κ2) is 5.94. The third kappa shape index (κ3) is 4.24. The van der Waals surface area contributed by atoms with Gasteiger partial charge in [0.25, 0.3) is 0 Å². The smallest absolute Gasteiger partial charge is 0.326 e. The molecule has 0 saturated carbocycles. The maximum Gasteiger partial charge on any atom is 0.326 e. The molecule has 1 N–H and O–H groups in total. The minimum absolute atomic E-state index is 0.359. The van der Waals surface area contributed by atoms with Gasteiger partial charge in [-0.2, -0.15) is 0 Å². The molecule has 0 bridgehead atoms. The maximum absolute atomic E-state index is 11.4. The monoisotopic (exact) mass is 189 g/mol. The molecular formula is C9H19NO3. The van der Waals surface area contributed by atoms with E-state index in [2.05, 4.69) is 0 Å². The van der Waals surface area contributed by atoms with Crippen molar-refractivity contribution in [1.82, 2.24) is 4.90 Å². The summed E-state index contributed by atoms with van der Waals surface area (Å²) >= 11 is 0. The zero-order valence-corrected chi connectivity index (χ0v) is 8.78. The van der Waals surface area contributed by atoms with Gasteiger partial charge in [-0.1, -0.05) is 6.92 Å². The Morgan fingerprint density at radius 1 is 1.54 bits per heavy atom. The van der Waals surface area contributed by atoms with Gasteiger partial charge in [0.15, 0.2) is 0 Å². The maximum atomic E-state index is 11.4. The molecule has 0 aliphatic carbocycles. The van der Waals surface area contributed by atoms with E-state index in [1.54, 1.807) is 25.9 Å². The Hall–Kier alpha value is -0.610. The number of hydrogen-bond acceptors (Lipinski definition) is 4. The van der Waals surface area contributed by atoms with Crippen LogP contribution in [0.25, 0.3) is 0 Å². The van der Waals surface area contributed by atoms with Crippen LogP contribution < -0.4 is 0 Å². The van der Waals surface area contributed by atoms with Gasteiger partial charge in [-0.3, -0.25) is 9.69 Å². The average molecular weight is 189 g/mol. The van der Waals surface area contributed by atoms with Gasteiger partial charge in [-0.15, -0.1) is 0 Å². The minimum atomic E-state index is -0.709. The van der Waals surface area contributed by atoms with Crippen LogP contribution in [0.4, 0.5) is 0 Å². The summed E-state index contributed by atoms with van der Waals surface area (Å²) in [6.07, 6.45) is 0.0884. The Kier molecular flexibility index (Phi) is 5.66. The molecule has 0 aliphatic heterocycles. The molecule has 0 amide bonds. The number of likely N-dealkylation sites (N-methyl/N-ethyl adjacent to an activating group) is 1. The van der Waals surface area contributed by atoms with Crippen LogP contribution in [0.5, 0.6) is 0 Å².